The standard InChI is InChI=1S/C23H21Cl3N4O3S/c1-29(2)16-11-20-21(30(13-16)34(32,33)17-6-3-5-14(24)9-17)10-15(12-27-20)28-23(31)22-18(25)7-4-8-19(22)26/h3-10,12,16H,11,13H2,1-2H3,(H,28,31). The van der Waals surface area contributed by atoms with E-state index in [2.05, 4.69) is 10.3 Å². The summed E-state index contributed by atoms with van der Waals surface area (Å²) in [5.41, 5.74) is 1.43. The molecule has 0 bridgehead atoms. The first-order valence-electron chi connectivity index (χ1n) is 10.3. The number of hydrogen-bond donors (Lipinski definition) is 1. The molecule has 178 valence electrons. The molecule has 11 heteroatoms. The van der Waals surface area contributed by atoms with Crippen LogP contribution in [0.1, 0.15) is 16.1 Å². The van der Waals surface area contributed by atoms with Gasteiger partial charge in [-0.15, -0.1) is 0 Å². The number of pyridine rings is 1. The number of nitrogens with zero attached hydrogens (tertiary/aromatic N) is 3. The minimum absolute atomic E-state index is 0.0719. The van der Waals surface area contributed by atoms with E-state index in [9.17, 15) is 13.2 Å². The molecule has 34 heavy (non-hydrogen) atoms. The lowest BCUT2D eigenvalue weighted by Gasteiger charge is -2.37. The van der Waals surface area contributed by atoms with Gasteiger partial charge in [-0.3, -0.25) is 14.1 Å². The van der Waals surface area contributed by atoms with Crippen molar-refractivity contribution in [2.75, 3.05) is 30.3 Å². The molecule has 1 aliphatic heterocycles. The van der Waals surface area contributed by atoms with Gasteiger partial charge >= 0.3 is 0 Å². The maximum Gasteiger partial charge on any atom is 0.264 e. The van der Waals surface area contributed by atoms with Gasteiger partial charge in [-0.25, -0.2) is 8.42 Å². The van der Waals surface area contributed by atoms with Crippen LogP contribution in [-0.4, -0.2) is 50.9 Å². The number of rotatable bonds is 5. The second-order valence-corrected chi connectivity index (χ2v) is 11.2. The molecule has 2 heterocycles. The summed E-state index contributed by atoms with van der Waals surface area (Å²) in [5, 5.41) is 3.45. The number of benzene rings is 2. The molecule has 1 amide bonds. The molecule has 1 unspecified atom stereocenters. The largest absolute Gasteiger partial charge is 0.320 e. The molecule has 1 aliphatic rings. The van der Waals surface area contributed by atoms with Crippen LogP contribution in [0.2, 0.25) is 15.1 Å². The number of amides is 1. The van der Waals surface area contributed by atoms with Crippen LogP contribution in [0, 0.1) is 0 Å². The summed E-state index contributed by atoms with van der Waals surface area (Å²) in [6.07, 6.45) is 2.04. The van der Waals surface area contributed by atoms with Gasteiger partial charge in [0.2, 0.25) is 0 Å². The summed E-state index contributed by atoms with van der Waals surface area (Å²) in [4.78, 5) is 19.4. The van der Waals surface area contributed by atoms with Crippen molar-refractivity contribution < 1.29 is 13.2 Å². The van der Waals surface area contributed by atoms with Crippen LogP contribution in [0.25, 0.3) is 0 Å². The highest BCUT2D eigenvalue weighted by Crippen LogP contribution is 2.35. The molecule has 0 radical (unpaired) electrons. The lowest BCUT2D eigenvalue weighted by Crippen LogP contribution is -2.48. The van der Waals surface area contributed by atoms with E-state index < -0.39 is 15.9 Å². The molecule has 1 N–H and O–H groups in total. The van der Waals surface area contributed by atoms with Gasteiger partial charge in [0.1, 0.15) is 0 Å². The molecule has 1 aromatic heterocycles. The minimum Gasteiger partial charge on any atom is -0.320 e. The molecule has 3 aromatic rings. The zero-order valence-corrected chi connectivity index (χ0v) is 21.4. The summed E-state index contributed by atoms with van der Waals surface area (Å²) < 4.78 is 28.5. The number of nitrogens with one attached hydrogen (secondary N) is 1. The van der Waals surface area contributed by atoms with Gasteiger partial charge in [0.25, 0.3) is 15.9 Å². The number of hydrogen-bond acceptors (Lipinski definition) is 5. The number of fused-ring (bicyclic) bond motifs is 1. The highest BCUT2D eigenvalue weighted by molar-refractivity contribution is 7.92. The predicted molar refractivity (Wildman–Crippen MR) is 136 cm³/mol. The van der Waals surface area contributed by atoms with Crippen LogP contribution >= 0.6 is 34.8 Å². The van der Waals surface area contributed by atoms with Gasteiger partial charge < -0.3 is 10.2 Å². The lowest BCUT2D eigenvalue weighted by molar-refractivity contribution is 0.102. The predicted octanol–water partition coefficient (Wildman–Crippen LogP) is 4.98. The number of anilines is 2. The number of sulfonamides is 1. The molecule has 0 saturated carbocycles. The Labute approximate surface area is 213 Å². The van der Waals surface area contributed by atoms with E-state index in [0.29, 0.717) is 28.5 Å². The summed E-state index contributed by atoms with van der Waals surface area (Å²) in [6, 6.07) is 12.4. The third-order valence-corrected chi connectivity index (χ3v) is 8.22. The van der Waals surface area contributed by atoms with Crippen molar-refractivity contribution in [1.29, 1.82) is 0 Å². The maximum absolute atomic E-state index is 13.6. The fraction of sp³-hybridized carbons (Fsp3) is 0.217. The molecule has 4 rings (SSSR count). The van der Waals surface area contributed by atoms with E-state index in [1.54, 1.807) is 36.4 Å². The van der Waals surface area contributed by atoms with E-state index in [-0.39, 0.29) is 33.1 Å². The summed E-state index contributed by atoms with van der Waals surface area (Å²) in [7, 11) is -0.167. The average Bonchev–Trinajstić information content (AvgIpc) is 2.78. The first kappa shape index (κ1) is 24.8. The number of carbonyl (C=O) groups is 1. The van der Waals surface area contributed by atoms with Crippen molar-refractivity contribution >= 4 is 62.1 Å². The highest BCUT2D eigenvalue weighted by Gasteiger charge is 2.35. The number of likely N-dealkylation sites (N-methyl/N-ethyl adjacent to an activating group) is 1. The maximum atomic E-state index is 13.6. The van der Waals surface area contributed by atoms with Crippen LogP contribution in [-0.2, 0) is 16.4 Å². The van der Waals surface area contributed by atoms with Gasteiger partial charge in [0.15, 0.2) is 0 Å². The highest BCUT2D eigenvalue weighted by atomic mass is 35.5. The van der Waals surface area contributed by atoms with Gasteiger partial charge in [-0.1, -0.05) is 46.9 Å². The molecule has 2 aromatic carbocycles. The van der Waals surface area contributed by atoms with Crippen LogP contribution < -0.4 is 9.62 Å². The van der Waals surface area contributed by atoms with Crippen molar-refractivity contribution in [1.82, 2.24) is 9.88 Å². The SMILES string of the molecule is CN(C)C1Cc2ncc(NC(=O)c3c(Cl)cccc3Cl)cc2N(S(=O)(=O)c2cccc(Cl)c2)C1. The smallest absolute Gasteiger partial charge is 0.264 e. The third kappa shape index (κ3) is 4.87. The van der Waals surface area contributed by atoms with E-state index >= 15 is 0 Å². The van der Waals surface area contributed by atoms with E-state index in [1.165, 1.54) is 22.6 Å². The Morgan fingerprint density at radius 2 is 1.76 bits per heavy atom. The Bertz CT molecular complexity index is 1350. The molecule has 0 aliphatic carbocycles. The van der Waals surface area contributed by atoms with E-state index in [4.69, 9.17) is 34.8 Å². The fourth-order valence-electron chi connectivity index (χ4n) is 3.74. The number of aromatic nitrogens is 1. The van der Waals surface area contributed by atoms with Crippen molar-refractivity contribution in [2.24, 2.45) is 0 Å². The van der Waals surface area contributed by atoms with Crippen molar-refractivity contribution in [2.45, 2.75) is 17.4 Å². The minimum atomic E-state index is -3.95. The third-order valence-electron chi connectivity index (χ3n) is 5.58. The number of carbonyl (C=O) groups excluding carboxylic acids is 1. The van der Waals surface area contributed by atoms with Gasteiger partial charge in [0, 0.05) is 17.5 Å². The molecule has 7 nitrogen and oxygen atoms in total. The average molecular weight is 540 g/mol. The van der Waals surface area contributed by atoms with Gasteiger partial charge in [-0.05, 0) is 50.5 Å². The molecule has 0 saturated heterocycles. The molecular formula is C23H21Cl3N4O3S. The first-order valence-corrected chi connectivity index (χ1v) is 12.8. The Kier molecular flexibility index (Phi) is 7.07. The monoisotopic (exact) mass is 538 g/mol. The van der Waals surface area contributed by atoms with Gasteiger partial charge in [-0.2, -0.15) is 0 Å². The van der Waals surface area contributed by atoms with E-state index in [1.807, 2.05) is 19.0 Å². The van der Waals surface area contributed by atoms with Crippen LogP contribution in [0.3, 0.4) is 0 Å². The fourth-order valence-corrected chi connectivity index (χ4v) is 6.13. The first-order chi connectivity index (χ1) is 16.1. The summed E-state index contributed by atoms with van der Waals surface area (Å²) in [5.74, 6) is -0.524. The molecule has 1 atom stereocenters. The zero-order valence-electron chi connectivity index (χ0n) is 18.3. The Hall–Kier alpha value is -2.36. The zero-order chi connectivity index (χ0) is 24.6. The van der Waals surface area contributed by atoms with Crippen molar-refractivity contribution in [3.8, 4) is 0 Å². The Morgan fingerprint density at radius 1 is 1.09 bits per heavy atom. The Balaban J connectivity index is 1.75. The van der Waals surface area contributed by atoms with Crippen LogP contribution in [0.5, 0.6) is 0 Å². The molecule has 0 spiro atoms. The molecular weight excluding hydrogens is 519 g/mol. The second kappa shape index (κ2) is 9.71. The normalized spacial score (nSPS) is 15.8. The van der Waals surface area contributed by atoms with Crippen LogP contribution in [0.4, 0.5) is 11.4 Å². The quantitative estimate of drug-likeness (QED) is 0.495. The summed E-state index contributed by atoms with van der Waals surface area (Å²) in [6.45, 7) is 0.213. The van der Waals surface area contributed by atoms with Crippen LogP contribution in [0.15, 0.2) is 59.6 Å². The van der Waals surface area contributed by atoms with Crippen molar-refractivity contribution in [3.05, 3.63) is 81.1 Å². The molecule has 0 fully saturated rings. The Morgan fingerprint density at radius 3 is 2.41 bits per heavy atom. The van der Waals surface area contributed by atoms with Crippen molar-refractivity contribution in [3.63, 3.8) is 0 Å². The summed E-state index contributed by atoms with van der Waals surface area (Å²) >= 11 is 18.4. The number of halogens is 3. The second-order valence-electron chi connectivity index (χ2n) is 8.06. The topological polar surface area (TPSA) is 82.6 Å². The lowest BCUT2D eigenvalue weighted by atomic mass is 10.0. The van der Waals surface area contributed by atoms with E-state index in [0.717, 1.165) is 0 Å². The van der Waals surface area contributed by atoms with Gasteiger partial charge in [0.05, 0.1) is 50.3 Å².